The molecule has 0 fully saturated rings. The first-order chi connectivity index (χ1) is 14.0. The number of amides is 2. The highest BCUT2D eigenvalue weighted by molar-refractivity contribution is 7.99. The molecule has 3 N–H and O–H groups in total. The van der Waals surface area contributed by atoms with E-state index in [1.807, 2.05) is 61.5 Å². The van der Waals surface area contributed by atoms with Crippen molar-refractivity contribution < 1.29 is 9.59 Å². The van der Waals surface area contributed by atoms with Crippen molar-refractivity contribution in [3.05, 3.63) is 65.7 Å². The van der Waals surface area contributed by atoms with E-state index in [9.17, 15) is 9.59 Å². The smallest absolute Gasteiger partial charge is 0.233 e. The monoisotopic (exact) mass is 409 g/mol. The average molecular weight is 410 g/mol. The van der Waals surface area contributed by atoms with Crippen LogP contribution < -0.4 is 5.73 Å². The SMILES string of the molecule is Cc1ccc(-c2nc(SCC(=O)N(CCC(N)=O)Cc3ccccc3)n[nH]2)cc1. The first-order valence-corrected chi connectivity index (χ1v) is 10.2. The number of primary amides is 1. The number of carbonyl (C=O) groups is 2. The number of aromatic nitrogens is 3. The summed E-state index contributed by atoms with van der Waals surface area (Å²) in [4.78, 5) is 30.0. The number of H-pyrrole nitrogens is 1. The molecule has 3 rings (SSSR count). The summed E-state index contributed by atoms with van der Waals surface area (Å²) in [6, 6.07) is 17.6. The molecule has 0 aliphatic heterocycles. The summed E-state index contributed by atoms with van der Waals surface area (Å²) in [5.41, 5.74) is 8.36. The highest BCUT2D eigenvalue weighted by Gasteiger charge is 2.17. The Morgan fingerprint density at radius 2 is 1.83 bits per heavy atom. The summed E-state index contributed by atoms with van der Waals surface area (Å²) in [5, 5.41) is 7.60. The molecule has 0 aliphatic carbocycles. The van der Waals surface area contributed by atoms with Crippen LogP contribution in [0.25, 0.3) is 11.4 Å². The van der Waals surface area contributed by atoms with E-state index in [-0.39, 0.29) is 24.6 Å². The molecule has 3 aromatic rings. The van der Waals surface area contributed by atoms with Crippen molar-refractivity contribution in [2.45, 2.75) is 25.0 Å². The number of nitrogens with zero attached hydrogens (tertiary/aromatic N) is 3. The van der Waals surface area contributed by atoms with Gasteiger partial charge in [-0.05, 0) is 12.5 Å². The standard InChI is InChI=1S/C21H23N5O2S/c1-15-7-9-17(10-8-15)20-23-21(25-24-20)29-14-19(28)26(12-11-18(22)27)13-16-5-3-2-4-6-16/h2-10H,11-14H2,1H3,(H2,22,27)(H,23,24,25). The second-order valence-electron chi connectivity index (χ2n) is 6.64. The molecule has 2 amide bonds. The summed E-state index contributed by atoms with van der Waals surface area (Å²) in [5.74, 6) is 0.313. The van der Waals surface area contributed by atoms with Crippen LogP contribution in [-0.4, -0.2) is 44.2 Å². The van der Waals surface area contributed by atoms with Crippen LogP contribution in [0.5, 0.6) is 0 Å². The van der Waals surface area contributed by atoms with Gasteiger partial charge in [-0.3, -0.25) is 14.7 Å². The Kier molecular flexibility index (Phi) is 7.02. The van der Waals surface area contributed by atoms with Crippen molar-refractivity contribution in [3.8, 4) is 11.4 Å². The molecule has 0 saturated carbocycles. The van der Waals surface area contributed by atoms with Crippen molar-refractivity contribution in [1.82, 2.24) is 20.1 Å². The molecule has 8 heteroatoms. The normalized spacial score (nSPS) is 10.7. The number of benzene rings is 2. The summed E-state index contributed by atoms with van der Waals surface area (Å²) >= 11 is 1.26. The van der Waals surface area contributed by atoms with Gasteiger partial charge in [-0.1, -0.05) is 71.9 Å². The third-order valence-electron chi connectivity index (χ3n) is 4.31. The maximum absolute atomic E-state index is 12.7. The summed E-state index contributed by atoms with van der Waals surface area (Å²) in [6.07, 6.45) is 0.126. The fourth-order valence-corrected chi connectivity index (χ4v) is 3.41. The number of hydrogen-bond acceptors (Lipinski definition) is 5. The van der Waals surface area contributed by atoms with Gasteiger partial charge in [-0.25, -0.2) is 4.98 Å². The molecule has 150 valence electrons. The first-order valence-electron chi connectivity index (χ1n) is 9.23. The molecule has 0 aliphatic rings. The molecule has 7 nitrogen and oxygen atoms in total. The Labute approximate surface area is 173 Å². The Balaban J connectivity index is 1.61. The van der Waals surface area contributed by atoms with Gasteiger partial charge in [-0.2, -0.15) is 0 Å². The highest BCUT2D eigenvalue weighted by atomic mass is 32.2. The molecule has 0 unspecified atom stereocenters. The zero-order valence-corrected chi connectivity index (χ0v) is 17.0. The lowest BCUT2D eigenvalue weighted by molar-refractivity contribution is -0.129. The van der Waals surface area contributed by atoms with Crippen LogP contribution in [0.1, 0.15) is 17.5 Å². The van der Waals surface area contributed by atoms with Gasteiger partial charge in [0.2, 0.25) is 17.0 Å². The predicted molar refractivity (Wildman–Crippen MR) is 113 cm³/mol. The van der Waals surface area contributed by atoms with E-state index in [1.54, 1.807) is 4.90 Å². The maximum Gasteiger partial charge on any atom is 0.233 e. The van der Waals surface area contributed by atoms with Crippen molar-refractivity contribution in [2.75, 3.05) is 12.3 Å². The van der Waals surface area contributed by atoms with Crippen LogP contribution in [0.4, 0.5) is 0 Å². The van der Waals surface area contributed by atoms with E-state index in [1.165, 1.54) is 17.3 Å². The number of aryl methyl sites for hydroxylation is 1. The van der Waals surface area contributed by atoms with Gasteiger partial charge in [0, 0.05) is 25.1 Å². The quantitative estimate of drug-likeness (QED) is 0.529. The molecular formula is C21H23N5O2S. The molecule has 0 atom stereocenters. The van der Waals surface area contributed by atoms with E-state index in [0.717, 1.165) is 11.1 Å². The summed E-state index contributed by atoms with van der Waals surface area (Å²) < 4.78 is 0. The third-order valence-corrected chi connectivity index (χ3v) is 5.14. The zero-order chi connectivity index (χ0) is 20.6. The van der Waals surface area contributed by atoms with E-state index in [0.29, 0.717) is 17.5 Å². The minimum Gasteiger partial charge on any atom is -0.370 e. The topological polar surface area (TPSA) is 105 Å². The Morgan fingerprint density at radius 1 is 1.10 bits per heavy atom. The summed E-state index contributed by atoms with van der Waals surface area (Å²) in [6.45, 7) is 2.73. The van der Waals surface area contributed by atoms with Gasteiger partial charge in [0.25, 0.3) is 0 Å². The molecule has 1 aromatic heterocycles. The van der Waals surface area contributed by atoms with Crippen molar-refractivity contribution in [3.63, 3.8) is 0 Å². The van der Waals surface area contributed by atoms with E-state index in [2.05, 4.69) is 15.2 Å². The number of nitrogens with one attached hydrogen (secondary N) is 1. The largest absolute Gasteiger partial charge is 0.370 e. The number of thioether (sulfide) groups is 1. The van der Waals surface area contributed by atoms with Crippen LogP contribution >= 0.6 is 11.8 Å². The third kappa shape index (κ3) is 6.18. The van der Waals surface area contributed by atoms with Crippen molar-refractivity contribution in [2.24, 2.45) is 5.73 Å². The molecule has 29 heavy (non-hydrogen) atoms. The predicted octanol–water partition coefficient (Wildman–Crippen LogP) is 2.78. The number of rotatable bonds is 9. The van der Waals surface area contributed by atoms with Crippen LogP contribution in [0, 0.1) is 6.92 Å². The lowest BCUT2D eigenvalue weighted by Crippen LogP contribution is -2.34. The second kappa shape index (κ2) is 9.88. The number of carbonyl (C=O) groups excluding carboxylic acids is 2. The molecule has 2 aromatic carbocycles. The van der Waals surface area contributed by atoms with E-state index in [4.69, 9.17) is 5.73 Å². The van der Waals surface area contributed by atoms with Crippen molar-refractivity contribution in [1.29, 1.82) is 0 Å². The van der Waals surface area contributed by atoms with Crippen LogP contribution in [0.2, 0.25) is 0 Å². The van der Waals surface area contributed by atoms with Crippen LogP contribution in [-0.2, 0) is 16.1 Å². The Hall–Kier alpha value is -3.13. The zero-order valence-electron chi connectivity index (χ0n) is 16.2. The average Bonchev–Trinajstić information content (AvgIpc) is 3.19. The molecule has 0 bridgehead atoms. The van der Waals surface area contributed by atoms with Gasteiger partial charge < -0.3 is 10.6 Å². The molecule has 0 radical (unpaired) electrons. The van der Waals surface area contributed by atoms with Gasteiger partial charge >= 0.3 is 0 Å². The minimum atomic E-state index is -0.430. The maximum atomic E-state index is 12.7. The Morgan fingerprint density at radius 3 is 2.52 bits per heavy atom. The second-order valence-corrected chi connectivity index (χ2v) is 7.58. The van der Waals surface area contributed by atoms with Gasteiger partial charge in [0.15, 0.2) is 5.82 Å². The lowest BCUT2D eigenvalue weighted by Gasteiger charge is -2.22. The van der Waals surface area contributed by atoms with Gasteiger partial charge in [0.05, 0.1) is 5.75 Å². The van der Waals surface area contributed by atoms with Gasteiger partial charge in [0.1, 0.15) is 0 Å². The Bertz CT molecular complexity index is 957. The van der Waals surface area contributed by atoms with Crippen LogP contribution in [0.3, 0.4) is 0 Å². The fraction of sp³-hybridized carbons (Fsp3) is 0.238. The first kappa shape index (κ1) is 20.6. The number of hydrogen-bond donors (Lipinski definition) is 2. The molecular weight excluding hydrogens is 386 g/mol. The fourth-order valence-electron chi connectivity index (χ4n) is 2.71. The van der Waals surface area contributed by atoms with E-state index >= 15 is 0 Å². The number of nitrogens with two attached hydrogens (primary N) is 1. The highest BCUT2D eigenvalue weighted by Crippen LogP contribution is 2.20. The van der Waals surface area contributed by atoms with E-state index < -0.39 is 5.91 Å². The molecule has 1 heterocycles. The number of aromatic amines is 1. The van der Waals surface area contributed by atoms with Gasteiger partial charge in [-0.15, -0.1) is 5.10 Å². The molecule has 0 saturated heterocycles. The summed E-state index contributed by atoms with van der Waals surface area (Å²) in [7, 11) is 0. The van der Waals surface area contributed by atoms with Crippen LogP contribution in [0.15, 0.2) is 59.8 Å². The van der Waals surface area contributed by atoms with Crippen molar-refractivity contribution >= 4 is 23.6 Å². The minimum absolute atomic E-state index is 0.0956. The lowest BCUT2D eigenvalue weighted by atomic mass is 10.1. The molecule has 0 spiro atoms.